The van der Waals surface area contributed by atoms with Crippen LogP contribution in [-0.2, 0) is 20.3 Å². The van der Waals surface area contributed by atoms with Crippen LogP contribution in [0.5, 0.6) is 5.75 Å². The van der Waals surface area contributed by atoms with Gasteiger partial charge in [-0.15, -0.1) is 0 Å². The maximum absolute atomic E-state index is 6.86. The van der Waals surface area contributed by atoms with Crippen molar-refractivity contribution in [2.75, 3.05) is 7.11 Å². The molecule has 0 aliphatic heterocycles. The Balaban J connectivity index is 1.90. The van der Waals surface area contributed by atoms with Crippen molar-refractivity contribution in [1.82, 2.24) is 0 Å². The molecule has 3 aromatic carbocycles. The minimum atomic E-state index is -3.34. The van der Waals surface area contributed by atoms with Gasteiger partial charge in [-0.1, -0.05) is 0 Å². The quantitative estimate of drug-likeness (QED) is 0.213. The summed E-state index contributed by atoms with van der Waals surface area (Å²) in [6, 6.07) is 22.2. The zero-order valence-corrected chi connectivity index (χ0v) is 29.3. The fraction of sp³-hybridized carbons (Fsp3) is 0.421. The molecule has 0 saturated carbocycles. The summed E-state index contributed by atoms with van der Waals surface area (Å²) < 4.78 is 9.35. The zero-order chi connectivity index (χ0) is 29.4. The van der Waals surface area contributed by atoms with Crippen LogP contribution in [0.25, 0.3) is 22.3 Å². The van der Waals surface area contributed by atoms with E-state index in [9.17, 15) is 0 Å². The minimum absolute atomic E-state index is 0.102. The van der Waals surface area contributed by atoms with E-state index in [0.717, 1.165) is 10.8 Å². The van der Waals surface area contributed by atoms with Gasteiger partial charge < -0.3 is 0 Å². The van der Waals surface area contributed by atoms with E-state index >= 15 is 0 Å². The van der Waals surface area contributed by atoms with Gasteiger partial charge >= 0.3 is 260 Å². The number of fused-ring (bicyclic) bond motifs is 3. The molecule has 0 aromatic heterocycles. The van der Waals surface area contributed by atoms with E-state index in [0.29, 0.717) is 3.63 Å². The molecule has 3 heteroatoms. The fourth-order valence-electron chi connectivity index (χ4n) is 7.65. The van der Waals surface area contributed by atoms with E-state index in [4.69, 9.17) is 16.3 Å². The summed E-state index contributed by atoms with van der Waals surface area (Å²) in [4.78, 5) is 0. The number of unbranched alkanes of at least 4 members (excludes halogenated alkanes) is 2. The first kappa shape index (κ1) is 30.6. The van der Waals surface area contributed by atoms with Gasteiger partial charge in [-0.25, -0.2) is 0 Å². The van der Waals surface area contributed by atoms with Crippen LogP contribution in [0.3, 0.4) is 0 Å². The van der Waals surface area contributed by atoms with Gasteiger partial charge in [0.15, 0.2) is 0 Å². The molecule has 0 amide bonds. The summed E-state index contributed by atoms with van der Waals surface area (Å²) in [6.45, 7) is 14.4. The van der Waals surface area contributed by atoms with Gasteiger partial charge in [0.1, 0.15) is 0 Å². The van der Waals surface area contributed by atoms with Gasteiger partial charge in [0, 0.05) is 0 Å². The summed E-state index contributed by atoms with van der Waals surface area (Å²) >= 11 is 3.53. The third-order valence-electron chi connectivity index (χ3n) is 9.90. The van der Waals surface area contributed by atoms with Gasteiger partial charge in [-0.05, 0) is 0 Å². The first-order chi connectivity index (χ1) is 19.6. The Kier molecular flexibility index (Phi) is 8.95. The van der Waals surface area contributed by atoms with Gasteiger partial charge in [0.05, 0.1) is 0 Å². The number of benzene rings is 3. The van der Waals surface area contributed by atoms with E-state index in [1.165, 1.54) is 72.9 Å². The van der Waals surface area contributed by atoms with E-state index in [1.807, 2.05) is 7.11 Å². The number of allylic oxidation sites excluding steroid dienone is 4. The second kappa shape index (κ2) is 12.0. The molecule has 0 heterocycles. The van der Waals surface area contributed by atoms with Crippen LogP contribution in [0.4, 0.5) is 0 Å². The Hall–Kier alpha value is -1.89. The van der Waals surface area contributed by atoms with Crippen molar-refractivity contribution >= 4 is 11.6 Å². The van der Waals surface area contributed by atoms with Crippen LogP contribution in [-0.4, -0.2) is 7.11 Å². The molecule has 2 atom stereocenters. The Morgan fingerprint density at radius 3 is 2.15 bits per heavy atom. The Bertz CT molecular complexity index is 1450. The van der Waals surface area contributed by atoms with Crippen LogP contribution < -0.4 is 4.74 Å². The zero-order valence-electron chi connectivity index (χ0n) is 26.1. The molecule has 3 aromatic rings. The number of rotatable bonds is 10. The van der Waals surface area contributed by atoms with Crippen molar-refractivity contribution in [2.24, 2.45) is 5.41 Å². The third-order valence-corrected chi connectivity index (χ3v) is 26.5. The van der Waals surface area contributed by atoms with E-state index in [1.54, 1.807) is 0 Å². The van der Waals surface area contributed by atoms with Crippen LogP contribution in [0.15, 0.2) is 84.5 Å². The average Bonchev–Trinajstić information content (AvgIpc) is 3.53. The van der Waals surface area contributed by atoms with Gasteiger partial charge in [-0.2, -0.15) is 0 Å². The number of hydrogen-bond acceptors (Lipinski definition) is 1. The molecule has 2 aliphatic rings. The monoisotopic (exact) mass is 644 g/mol. The van der Waals surface area contributed by atoms with Gasteiger partial charge in [0.25, 0.3) is 0 Å². The predicted octanol–water partition coefficient (Wildman–Crippen LogP) is 12.4. The first-order valence-electron chi connectivity index (χ1n) is 15.6. The summed E-state index contributed by atoms with van der Waals surface area (Å²) in [5.41, 5.74) is 9.85. The third kappa shape index (κ3) is 5.38. The molecular weight excluding hydrogens is 599 g/mol. The molecule has 2 aliphatic carbocycles. The molecule has 0 N–H and O–H groups in total. The molecule has 1 nitrogen and oxygen atoms in total. The molecule has 2 unspecified atom stereocenters. The van der Waals surface area contributed by atoms with Crippen molar-refractivity contribution in [1.29, 1.82) is 0 Å². The topological polar surface area (TPSA) is 9.23 Å². The van der Waals surface area contributed by atoms with Crippen molar-refractivity contribution in [2.45, 2.75) is 82.2 Å². The van der Waals surface area contributed by atoms with Crippen molar-refractivity contribution < 1.29 is 25.0 Å². The Morgan fingerprint density at radius 2 is 1.56 bits per heavy atom. The van der Waals surface area contributed by atoms with Crippen LogP contribution in [0.1, 0.15) is 82.0 Å². The molecule has 0 spiro atoms. The molecule has 41 heavy (non-hydrogen) atoms. The first-order valence-corrected chi connectivity index (χ1v) is 22.1. The SMILES string of the molecule is CCC[CH2][Zr]([CH2]CCC)([CH]1c2cc(Cl)ccc2-c2c(OC)ccc(-c3ccccc3)c21)[C]1(C)C=CC(C(C)(C)C)=C1. The van der Waals surface area contributed by atoms with E-state index < -0.39 is 20.3 Å². The summed E-state index contributed by atoms with van der Waals surface area (Å²) in [6.07, 6.45) is 12.9. The number of halogens is 1. The second-order valence-electron chi connectivity index (χ2n) is 13.5. The molecule has 0 fully saturated rings. The fourth-order valence-corrected chi connectivity index (χ4v) is 25.1. The van der Waals surface area contributed by atoms with Crippen LogP contribution in [0.2, 0.25) is 16.4 Å². The standard InChI is InChI=1S/C20H14ClO.C10H15.2C4H9.Zr/c1-22-19-10-9-16(13-5-3-2-4-6-13)18-12-14-11-15(21)7-8-17(14)20(18)19;1-8-5-6-9(7-8)10(2,3)4;2*1-3-4-2;/h2-12H,1H3;5-7H,1-4H3;2*1,3-4H2,2H3;. The average molecular weight is 646 g/mol. The van der Waals surface area contributed by atoms with Crippen molar-refractivity contribution in [3.8, 4) is 28.0 Å². The summed E-state index contributed by atoms with van der Waals surface area (Å²) in [7, 11) is 1.82. The predicted molar refractivity (Wildman–Crippen MR) is 175 cm³/mol. The molecule has 216 valence electrons. The van der Waals surface area contributed by atoms with Gasteiger partial charge in [0.2, 0.25) is 0 Å². The number of ether oxygens (including phenoxy) is 1. The summed E-state index contributed by atoms with van der Waals surface area (Å²) in [5, 5.41) is 0.839. The maximum atomic E-state index is 6.86. The molecule has 0 radical (unpaired) electrons. The van der Waals surface area contributed by atoms with Crippen molar-refractivity contribution in [3.63, 3.8) is 0 Å². The van der Waals surface area contributed by atoms with Gasteiger partial charge in [-0.3, -0.25) is 0 Å². The number of methoxy groups -OCH3 is 1. The Labute approximate surface area is 258 Å². The van der Waals surface area contributed by atoms with Crippen molar-refractivity contribution in [3.05, 3.63) is 101 Å². The Morgan fingerprint density at radius 1 is 0.902 bits per heavy atom. The summed E-state index contributed by atoms with van der Waals surface area (Å²) in [5.74, 6) is 0.981. The molecule has 0 bridgehead atoms. The molecular formula is C38H47ClOZr. The normalized spacial score (nSPS) is 19.7. The molecule has 5 rings (SSSR count). The van der Waals surface area contributed by atoms with Crippen LogP contribution >= 0.6 is 11.6 Å². The van der Waals surface area contributed by atoms with Crippen LogP contribution in [0, 0.1) is 5.41 Å². The second-order valence-corrected chi connectivity index (χ2v) is 26.1. The molecule has 0 saturated heterocycles. The number of hydrogen-bond donors (Lipinski definition) is 0. The van der Waals surface area contributed by atoms with E-state index in [2.05, 4.69) is 120 Å². The van der Waals surface area contributed by atoms with E-state index in [-0.39, 0.29) is 8.54 Å².